The molecular weight excluding hydrogens is 402 g/mol. The van der Waals surface area contributed by atoms with Crippen molar-refractivity contribution in [2.75, 3.05) is 39.6 Å². The number of piperidine rings is 1. The Morgan fingerprint density at radius 3 is 2.60 bits per heavy atom. The lowest BCUT2D eigenvalue weighted by Crippen LogP contribution is -2.42. The Balaban J connectivity index is 1.41. The summed E-state index contributed by atoms with van der Waals surface area (Å²) in [7, 11) is 1.57. The molecule has 0 aliphatic carbocycles. The zero-order valence-corrected chi connectivity index (χ0v) is 18.1. The Morgan fingerprint density at radius 2 is 1.90 bits per heavy atom. The van der Waals surface area contributed by atoms with Gasteiger partial charge in [-0.05, 0) is 49.3 Å². The van der Waals surface area contributed by atoms with E-state index in [1.807, 2.05) is 29.4 Å². The minimum absolute atomic E-state index is 0.0279. The standard InChI is InChI=1S/C22H27N3O4S/c1-28-18-7-3-4-8-19(18)29-15-20(26)24-14-16-9-12-25(13-10-16)22(27)17-6-5-11-23-21(17)30-2/h3-8,11,16H,9-10,12-15H2,1-2H3,(H,24,26). The first kappa shape index (κ1) is 22.0. The van der Waals surface area contributed by atoms with Gasteiger partial charge in [-0.2, -0.15) is 0 Å². The first-order valence-electron chi connectivity index (χ1n) is 9.93. The lowest BCUT2D eigenvalue weighted by atomic mass is 9.96. The quantitative estimate of drug-likeness (QED) is 0.650. The molecule has 1 aliphatic heterocycles. The van der Waals surface area contributed by atoms with Crippen LogP contribution in [0.2, 0.25) is 0 Å². The second-order valence-corrected chi connectivity index (χ2v) is 7.83. The average Bonchev–Trinajstić information content (AvgIpc) is 2.81. The Hall–Kier alpha value is -2.74. The molecule has 0 bridgehead atoms. The van der Waals surface area contributed by atoms with Crippen LogP contribution < -0.4 is 14.8 Å². The number of amides is 2. The van der Waals surface area contributed by atoms with E-state index in [4.69, 9.17) is 9.47 Å². The average molecular weight is 430 g/mol. The number of aromatic nitrogens is 1. The van der Waals surface area contributed by atoms with Crippen LogP contribution in [0.4, 0.5) is 0 Å². The molecule has 1 N–H and O–H groups in total. The molecule has 0 spiro atoms. The van der Waals surface area contributed by atoms with Crippen molar-refractivity contribution in [3.8, 4) is 11.5 Å². The summed E-state index contributed by atoms with van der Waals surface area (Å²) in [5.74, 6) is 1.35. The normalized spacial score (nSPS) is 14.3. The van der Waals surface area contributed by atoms with E-state index in [9.17, 15) is 9.59 Å². The number of methoxy groups -OCH3 is 1. The minimum Gasteiger partial charge on any atom is -0.493 e. The van der Waals surface area contributed by atoms with Crippen molar-refractivity contribution in [2.24, 2.45) is 5.92 Å². The number of pyridine rings is 1. The number of carbonyl (C=O) groups is 2. The number of nitrogens with one attached hydrogen (secondary N) is 1. The molecule has 30 heavy (non-hydrogen) atoms. The number of hydrogen-bond acceptors (Lipinski definition) is 6. The van der Waals surface area contributed by atoms with Crippen LogP contribution in [0.15, 0.2) is 47.6 Å². The monoisotopic (exact) mass is 429 g/mol. The molecule has 0 unspecified atom stereocenters. The number of likely N-dealkylation sites (tertiary alicyclic amines) is 1. The molecule has 1 fully saturated rings. The van der Waals surface area contributed by atoms with Gasteiger partial charge in [-0.1, -0.05) is 12.1 Å². The van der Waals surface area contributed by atoms with Crippen molar-refractivity contribution < 1.29 is 19.1 Å². The second-order valence-electron chi connectivity index (χ2n) is 7.04. The molecule has 0 radical (unpaired) electrons. The van der Waals surface area contributed by atoms with Crippen LogP contribution >= 0.6 is 11.8 Å². The molecule has 0 saturated carbocycles. The third-order valence-electron chi connectivity index (χ3n) is 5.11. The van der Waals surface area contributed by atoms with E-state index in [-0.39, 0.29) is 18.4 Å². The van der Waals surface area contributed by atoms with Crippen LogP contribution in [0, 0.1) is 5.92 Å². The molecule has 0 atom stereocenters. The largest absolute Gasteiger partial charge is 0.493 e. The number of para-hydroxylation sites is 2. The van der Waals surface area contributed by atoms with Gasteiger partial charge >= 0.3 is 0 Å². The molecule has 1 saturated heterocycles. The zero-order valence-electron chi connectivity index (χ0n) is 17.3. The van der Waals surface area contributed by atoms with Crippen molar-refractivity contribution >= 4 is 23.6 Å². The Morgan fingerprint density at radius 1 is 1.17 bits per heavy atom. The second kappa shape index (κ2) is 10.9. The molecule has 1 aromatic carbocycles. The van der Waals surface area contributed by atoms with Gasteiger partial charge in [-0.25, -0.2) is 4.98 Å². The molecule has 1 aromatic heterocycles. The number of nitrogens with zero attached hydrogens (tertiary/aromatic N) is 2. The van der Waals surface area contributed by atoms with Gasteiger partial charge in [-0.15, -0.1) is 11.8 Å². The van der Waals surface area contributed by atoms with E-state index in [0.717, 1.165) is 17.9 Å². The summed E-state index contributed by atoms with van der Waals surface area (Å²) in [5, 5.41) is 3.69. The van der Waals surface area contributed by atoms with Gasteiger partial charge in [0.1, 0.15) is 5.03 Å². The number of thioether (sulfide) groups is 1. The molecule has 2 amide bonds. The van der Waals surface area contributed by atoms with E-state index in [0.29, 0.717) is 42.6 Å². The third-order valence-corrected chi connectivity index (χ3v) is 5.82. The first-order valence-corrected chi connectivity index (χ1v) is 11.2. The fourth-order valence-corrected chi connectivity index (χ4v) is 3.96. The summed E-state index contributed by atoms with van der Waals surface area (Å²) in [6.07, 6.45) is 5.34. The Bertz CT molecular complexity index is 869. The topological polar surface area (TPSA) is 80.8 Å². The van der Waals surface area contributed by atoms with Gasteiger partial charge in [0.25, 0.3) is 11.8 Å². The highest BCUT2D eigenvalue weighted by Crippen LogP contribution is 2.26. The van der Waals surface area contributed by atoms with E-state index >= 15 is 0 Å². The fraction of sp³-hybridized carbons (Fsp3) is 0.409. The van der Waals surface area contributed by atoms with E-state index < -0.39 is 0 Å². The minimum atomic E-state index is -0.167. The lowest BCUT2D eigenvalue weighted by Gasteiger charge is -2.32. The van der Waals surface area contributed by atoms with E-state index in [1.165, 1.54) is 11.8 Å². The summed E-state index contributed by atoms with van der Waals surface area (Å²) in [4.78, 5) is 31.1. The summed E-state index contributed by atoms with van der Waals surface area (Å²) in [6, 6.07) is 10.9. The van der Waals surface area contributed by atoms with Gasteiger partial charge in [0.15, 0.2) is 18.1 Å². The molecule has 8 heteroatoms. The highest BCUT2D eigenvalue weighted by atomic mass is 32.2. The van der Waals surface area contributed by atoms with Crippen molar-refractivity contribution in [2.45, 2.75) is 17.9 Å². The highest BCUT2D eigenvalue weighted by molar-refractivity contribution is 7.98. The van der Waals surface area contributed by atoms with Crippen LogP contribution in [-0.2, 0) is 4.79 Å². The molecule has 2 aromatic rings. The van der Waals surface area contributed by atoms with Crippen molar-refractivity contribution in [3.63, 3.8) is 0 Å². The van der Waals surface area contributed by atoms with Crippen LogP contribution in [-0.4, -0.2) is 61.3 Å². The van der Waals surface area contributed by atoms with Gasteiger partial charge in [0, 0.05) is 25.8 Å². The Labute approximate surface area is 181 Å². The van der Waals surface area contributed by atoms with Gasteiger partial charge in [-0.3, -0.25) is 9.59 Å². The lowest BCUT2D eigenvalue weighted by molar-refractivity contribution is -0.123. The molecule has 1 aliphatic rings. The third kappa shape index (κ3) is 5.66. The summed E-state index contributed by atoms with van der Waals surface area (Å²) in [5.41, 5.74) is 0.658. The summed E-state index contributed by atoms with van der Waals surface area (Å²) < 4.78 is 10.8. The van der Waals surface area contributed by atoms with Crippen molar-refractivity contribution in [3.05, 3.63) is 48.2 Å². The van der Waals surface area contributed by atoms with Gasteiger partial charge in [0.05, 0.1) is 12.7 Å². The maximum Gasteiger partial charge on any atom is 0.257 e. The number of ether oxygens (including phenoxy) is 2. The molecule has 160 valence electrons. The van der Waals surface area contributed by atoms with Crippen molar-refractivity contribution in [1.82, 2.24) is 15.2 Å². The van der Waals surface area contributed by atoms with E-state index in [2.05, 4.69) is 10.3 Å². The number of carbonyl (C=O) groups excluding carboxylic acids is 2. The first-order chi connectivity index (χ1) is 14.6. The maximum atomic E-state index is 12.8. The zero-order chi connectivity index (χ0) is 21.3. The Kier molecular flexibility index (Phi) is 7.96. The van der Waals surface area contributed by atoms with Crippen LogP contribution in [0.1, 0.15) is 23.2 Å². The predicted octanol–water partition coefficient (Wildman–Crippen LogP) is 2.86. The van der Waals surface area contributed by atoms with Gasteiger partial charge in [0.2, 0.25) is 0 Å². The van der Waals surface area contributed by atoms with Crippen LogP contribution in [0.25, 0.3) is 0 Å². The van der Waals surface area contributed by atoms with E-state index in [1.54, 1.807) is 31.5 Å². The summed E-state index contributed by atoms with van der Waals surface area (Å²) >= 11 is 1.48. The maximum absolute atomic E-state index is 12.8. The predicted molar refractivity (Wildman–Crippen MR) is 116 cm³/mol. The fourth-order valence-electron chi connectivity index (χ4n) is 3.42. The number of hydrogen-bond donors (Lipinski definition) is 1. The SMILES string of the molecule is COc1ccccc1OCC(=O)NCC1CCN(C(=O)c2cccnc2SC)CC1. The van der Waals surface area contributed by atoms with Crippen LogP contribution in [0.3, 0.4) is 0 Å². The van der Waals surface area contributed by atoms with Crippen molar-refractivity contribution in [1.29, 1.82) is 0 Å². The molecule has 3 rings (SSSR count). The highest BCUT2D eigenvalue weighted by Gasteiger charge is 2.25. The number of rotatable bonds is 8. The smallest absolute Gasteiger partial charge is 0.257 e. The molecule has 2 heterocycles. The van der Waals surface area contributed by atoms with Gasteiger partial charge < -0.3 is 19.7 Å². The summed E-state index contributed by atoms with van der Waals surface area (Å²) in [6.45, 7) is 1.88. The molecular formula is C22H27N3O4S. The number of benzene rings is 1. The van der Waals surface area contributed by atoms with Crippen LogP contribution in [0.5, 0.6) is 11.5 Å². The molecule has 7 nitrogen and oxygen atoms in total.